The van der Waals surface area contributed by atoms with E-state index in [-0.39, 0.29) is 37.3 Å². The Morgan fingerprint density at radius 2 is 0.860 bits per heavy atom. The lowest BCUT2D eigenvalue weighted by Gasteiger charge is -2.16. The average Bonchev–Trinajstić information content (AvgIpc) is 1.63. The molecule has 4 aromatic heterocycles. The van der Waals surface area contributed by atoms with Gasteiger partial charge >= 0.3 is 30.0 Å². The van der Waals surface area contributed by atoms with Gasteiger partial charge in [-0.2, -0.15) is 0 Å². The summed E-state index contributed by atoms with van der Waals surface area (Å²) in [6.07, 6.45) is 5.60. The Morgan fingerprint density at radius 1 is 0.440 bits per heavy atom. The molecule has 0 bridgehead atoms. The molecular weight excluding hydrogens is 1280 g/mol. The van der Waals surface area contributed by atoms with E-state index in [1.54, 1.807) is 19.9 Å². The molecular formula is C84H77NO14Si. The molecule has 0 saturated carbocycles. The zero-order valence-electron chi connectivity index (χ0n) is 56.4. The van der Waals surface area contributed by atoms with Crippen LogP contribution in [0.5, 0.6) is 0 Å². The van der Waals surface area contributed by atoms with Crippen LogP contribution in [0.4, 0.5) is 4.79 Å². The van der Waals surface area contributed by atoms with E-state index < -0.39 is 26.1 Å². The molecule has 0 aliphatic heterocycles. The second kappa shape index (κ2) is 30.9. The highest BCUT2D eigenvalue weighted by molar-refractivity contribution is 6.90. The number of carbonyl (C=O) groups is 5. The number of nitrogens with one attached hydrogen (secondary N) is 1. The lowest BCUT2D eigenvalue weighted by Crippen LogP contribution is -2.37. The maximum atomic E-state index is 12.6. The van der Waals surface area contributed by atoms with E-state index in [4.69, 9.17) is 42.1 Å². The molecule has 4 heterocycles. The van der Waals surface area contributed by atoms with Gasteiger partial charge in [-0.3, -0.25) is 19.2 Å². The predicted molar refractivity (Wildman–Crippen MR) is 397 cm³/mol. The number of ether oxygens (including phenoxy) is 3. The minimum atomic E-state index is -1.50. The Balaban J connectivity index is 0.000000134. The van der Waals surface area contributed by atoms with Crippen molar-refractivity contribution < 1.29 is 66.1 Å². The molecule has 1 aliphatic carbocycles. The van der Waals surface area contributed by atoms with E-state index in [0.717, 1.165) is 105 Å². The highest BCUT2D eigenvalue weighted by Crippen LogP contribution is 2.45. The number of benzene rings is 10. The number of carboxylic acids is 2. The number of carbonyl (C=O) groups excluding carboxylic acids is 3. The van der Waals surface area contributed by atoms with Crippen LogP contribution in [0.2, 0.25) is 19.6 Å². The van der Waals surface area contributed by atoms with Crippen molar-refractivity contribution in [3.05, 3.63) is 251 Å². The summed E-state index contributed by atoms with van der Waals surface area (Å²) in [6, 6.07) is 68.7. The summed E-state index contributed by atoms with van der Waals surface area (Å²) in [7, 11) is -1.50. The summed E-state index contributed by atoms with van der Waals surface area (Å²) in [5, 5.41) is 30.7. The number of fused-ring (bicyclic) bond motifs is 15. The fourth-order valence-electron chi connectivity index (χ4n) is 13.0. The second-order valence-corrected chi connectivity index (χ2v) is 30.5. The molecule has 100 heavy (non-hydrogen) atoms. The third kappa shape index (κ3) is 15.3. The fourth-order valence-corrected chi connectivity index (χ4v) is 14.4. The molecule has 15 nitrogen and oxygen atoms in total. The smallest absolute Gasteiger partial charge is 0.407 e. The van der Waals surface area contributed by atoms with E-state index in [2.05, 4.69) is 85.6 Å². The average molecular weight is 1350 g/mol. The maximum Gasteiger partial charge on any atom is 0.407 e. The maximum absolute atomic E-state index is 12.6. The molecule has 3 N–H and O–H groups in total. The lowest BCUT2D eigenvalue weighted by atomic mass is 9.98. The number of alkyl carbamates (subject to hydrolysis) is 1. The number of hydrogen-bond acceptors (Lipinski definition) is 12. The highest BCUT2D eigenvalue weighted by Gasteiger charge is 2.29. The van der Waals surface area contributed by atoms with Gasteiger partial charge in [-0.1, -0.05) is 228 Å². The van der Waals surface area contributed by atoms with Crippen LogP contribution in [0.1, 0.15) is 84.4 Å². The number of carboxylic acid groups (broad SMARTS) is 2. The van der Waals surface area contributed by atoms with Crippen molar-refractivity contribution in [3.63, 3.8) is 0 Å². The summed E-state index contributed by atoms with van der Waals surface area (Å²) in [5.74, 6) is -2.10. The molecule has 0 unspecified atom stereocenters. The largest absolute Gasteiger partial charge is 0.481 e. The molecule has 14 aromatic rings. The third-order valence-corrected chi connectivity index (χ3v) is 19.9. The van der Waals surface area contributed by atoms with Gasteiger partial charge in [0.05, 0.1) is 20.9 Å². The van der Waals surface area contributed by atoms with Gasteiger partial charge in [-0.25, -0.2) is 4.79 Å². The Labute approximate surface area is 578 Å². The van der Waals surface area contributed by atoms with Crippen molar-refractivity contribution in [1.82, 2.24) is 5.32 Å². The summed E-state index contributed by atoms with van der Waals surface area (Å²) in [4.78, 5) is 57.1. The zero-order valence-corrected chi connectivity index (χ0v) is 57.4. The fraction of sp³-hybridized carbons (Fsp3) is 0.202. The summed E-state index contributed by atoms with van der Waals surface area (Å²) < 4.78 is 40.1. The molecule has 0 atom stereocenters. The summed E-state index contributed by atoms with van der Waals surface area (Å²) in [6.45, 7) is 11.5. The Bertz CT molecular complexity index is 5270. The van der Waals surface area contributed by atoms with Gasteiger partial charge in [0.2, 0.25) is 0 Å². The summed E-state index contributed by atoms with van der Waals surface area (Å²) >= 11 is 0. The number of amides is 1. The van der Waals surface area contributed by atoms with Gasteiger partial charge in [0.25, 0.3) is 0 Å². The van der Waals surface area contributed by atoms with E-state index in [1.807, 2.05) is 146 Å². The normalized spacial score (nSPS) is 11.9. The molecule has 10 aromatic carbocycles. The van der Waals surface area contributed by atoms with Crippen LogP contribution in [0.15, 0.2) is 230 Å². The van der Waals surface area contributed by atoms with E-state index >= 15 is 0 Å². The molecule has 0 fully saturated rings. The van der Waals surface area contributed by atoms with Gasteiger partial charge in [-0.05, 0) is 87.2 Å². The number of rotatable bonds is 19. The van der Waals surface area contributed by atoms with Crippen molar-refractivity contribution in [2.45, 2.75) is 90.8 Å². The van der Waals surface area contributed by atoms with Crippen LogP contribution in [-0.2, 0) is 59.1 Å². The van der Waals surface area contributed by atoms with Crippen molar-refractivity contribution in [2.75, 3.05) is 19.8 Å². The Hall–Kier alpha value is -11.5. The Morgan fingerprint density at radius 3 is 1.36 bits per heavy atom. The van der Waals surface area contributed by atoms with E-state index in [1.165, 1.54) is 44.5 Å². The first kappa shape index (κ1) is 68.4. The number of esters is 2. The topological polar surface area (TPSA) is 218 Å². The number of para-hydroxylation sites is 8. The third-order valence-electron chi connectivity index (χ3n) is 17.9. The van der Waals surface area contributed by atoms with Crippen LogP contribution in [0.25, 0.3) is 105 Å². The standard InChI is InChI=1S/C32H27NO5.C20H20O5.C20H22O3Si.C12H8O/c34-29(35)16-15-20-7-5-13-26-27-14-6-8-21(31(27)38-30(20)26)17-18-33-32(36)37-19-28-24-11-3-1-9-22(24)23-10-2-4-12-25(23)28;1-2-18(23)24-12-11-14-6-4-8-16-15-7-3-5-13(9-10-17(21)22)19(15)25-20(14)16;1-5-18(21)22-13-12-14-8-6-9-15-16-10-7-11-17(24(2,3)4)20(16)23-19(14)15;1-3-7-11-9(5-1)10-6-2-4-8-12(10)13-11/h1-14,28H,15-19H2,(H,33,36)(H,34,35);3-8H,2,9-12H2,1H3,(H,21,22);6-13H,5H2,1-4H3;1-8H. The van der Waals surface area contributed by atoms with Gasteiger partial charge in [-0.15, -0.1) is 0 Å². The molecule has 0 spiro atoms. The van der Waals surface area contributed by atoms with Gasteiger partial charge in [0, 0.05) is 93.2 Å². The van der Waals surface area contributed by atoms with E-state index in [0.29, 0.717) is 51.7 Å². The quantitative estimate of drug-likeness (QED) is 0.0297. The minimum absolute atomic E-state index is 0.0211. The van der Waals surface area contributed by atoms with Crippen LogP contribution < -0.4 is 10.5 Å². The molecule has 0 radical (unpaired) electrons. The van der Waals surface area contributed by atoms with E-state index in [9.17, 15) is 24.0 Å². The van der Waals surface area contributed by atoms with Crippen molar-refractivity contribution in [1.29, 1.82) is 0 Å². The van der Waals surface area contributed by atoms with Gasteiger partial charge in [0.15, 0.2) is 0 Å². The van der Waals surface area contributed by atoms with Crippen molar-refractivity contribution in [3.8, 4) is 11.1 Å². The van der Waals surface area contributed by atoms with Crippen LogP contribution in [0, 0.1) is 0 Å². The monoisotopic (exact) mass is 1350 g/mol. The molecule has 0 saturated heterocycles. The number of aliphatic carboxylic acids is 2. The lowest BCUT2D eigenvalue weighted by molar-refractivity contribution is -0.143. The first-order valence-electron chi connectivity index (χ1n) is 33.8. The van der Waals surface area contributed by atoms with Crippen molar-refractivity contribution in [2.24, 2.45) is 0 Å². The van der Waals surface area contributed by atoms with Gasteiger partial charge in [0.1, 0.15) is 51.3 Å². The SMILES string of the molecule is CCC(=O)OC=Cc1cccc2c1oc1c([Si](C)(C)C)cccc12.CCC(=O)OCCc1cccc2c1oc1c(CCC(=O)O)cccc12.O=C(O)CCc1cccc2c1oc1c(CCNC(=O)OCC3c4ccccc4-c4ccccc43)cccc12.c1ccc2c(c1)oc1ccccc12. The zero-order chi connectivity index (χ0) is 69.9. The molecule has 1 aliphatic rings. The van der Waals surface area contributed by atoms with Crippen molar-refractivity contribution >= 4 is 137 Å². The highest BCUT2D eigenvalue weighted by atomic mass is 28.3. The van der Waals surface area contributed by atoms with Gasteiger partial charge < -0.3 is 47.4 Å². The first-order chi connectivity index (χ1) is 48.6. The molecule has 15 rings (SSSR count). The van der Waals surface area contributed by atoms with Crippen LogP contribution in [-0.4, -0.2) is 68.0 Å². The predicted octanol–water partition coefficient (Wildman–Crippen LogP) is 19.4. The second-order valence-electron chi connectivity index (χ2n) is 25.5. The molecule has 506 valence electrons. The molecule has 1 amide bonds. The summed E-state index contributed by atoms with van der Waals surface area (Å²) in [5.41, 5.74) is 16.1. The molecule has 16 heteroatoms. The minimum Gasteiger partial charge on any atom is -0.481 e. The first-order valence-corrected chi connectivity index (χ1v) is 37.3. The number of aryl methyl sites for hydroxylation is 2. The van der Waals surface area contributed by atoms with Crippen LogP contribution in [0.3, 0.4) is 0 Å². The van der Waals surface area contributed by atoms with Crippen LogP contribution >= 0.6 is 0 Å². The Kier molecular flexibility index (Phi) is 21.2. The number of hydrogen-bond donors (Lipinski definition) is 3. The number of furan rings is 4.